The molecule has 0 saturated heterocycles. The average Bonchev–Trinajstić information content (AvgIpc) is 2.70. The molecule has 0 fully saturated rings. The highest BCUT2D eigenvalue weighted by Crippen LogP contribution is 2.47. The fourth-order valence-corrected chi connectivity index (χ4v) is 4.10. The van der Waals surface area contributed by atoms with E-state index in [0.717, 1.165) is 26.6 Å². The molecule has 1 aromatic heterocycles. The minimum atomic E-state index is 0.709. The van der Waals surface area contributed by atoms with Gasteiger partial charge in [0.1, 0.15) is 5.16 Å². The number of hydrogen-bond acceptors (Lipinski definition) is 3. The van der Waals surface area contributed by atoms with E-state index in [0.29, 0.717) is 5.16 Å². The lowest BCUT2D eigenvalue weighted by molar-refractivity contribution is 1.26. The van der Waals surface area contributed by atoms with Crippen LogP contribution in [0.4, 0.5) is 5.69 Å². The molecule has 0 N–H and O–H groups in total. The van der Waals surface area contributed by atoms with Crippen LogP contribution in [0.15, 0.2) is 96.5 Å². The van der Waals surface area contributed by atoms with Crippen LogP contribution in [0, 0.1) is 0 Å². The van der Waals surface area contributed by atoms with Crippen molar-refractivity contribution < 1.29 is 0 Å². The minimum Gasteiger partial charge on any atom is -0.306 e. The Balaban J connectivity index is 1.84. The summed E-state index contributed by atoms with van der Waals surface area (Å²) in [5.41, 5.74) is 3.27. The van der Waals surface area contributed by atoms with Crippen molar-refractivity contribution in [2.24, 2.45) is 0 Å². The van der Waals surface area contributed by atoms with Gasteiger partial charge in [0, 0.05) is 29.2 Å². The van der Waals surface area contributed by atoms with Crippen molar-refractivity contribution in [2.45, 2.75) is 0 Å². The predicted molar refractivity (Wildman–Crippen MR) is 108 cm³/mol. The van der Waals surface area contributed by atoms with Crippen molar-refractivity contribution in [3.8, 4) is 0 Å². The number of rotatable bonds is 3. The Bertz CT molecular complexity index is 922. The van der Waals surface area contributed by atoms with Crippen LogP contribution < -0.4 is 4.90 Å². The predicted octanol–water partition coefficient (Wildman–Crippen LogP) is 6.20. The van der Waals surface area contributed by atoms with Gasteiger partial charge in [0.15, 0.2) is 0 Å². The third-order valence-electron chi connectivity index (χ3n) is 3.89. The number of pyridine rings is 1. The molecular formula is C21H15ClN2S. The summed E-state index contributed by atoms with van der Waals surface area (Å²) >= 11 is 8.48. The van der Waals surface area contributed by atoms with Crippen molar-refractivity contribution in [3.63, 3.8) is 0 Å². The summed E-state index contributed by atoms with van der Waals surface area (Å²) in [7, 11) is 0. The van der Waals surface area contributed by atoms with Crippen LogP contribution in [0.2, 0.25) is 0 Å². The van der Waals surface area contributed by atoms with Gasteiger partial charge in [0.2, 0.25) is 0 Å². The Morgan fingerprint density at radius 2 is 1.40 bits per heavy atom. The molecule has 0 radical (unpaired) electrons. The van der Waals surface area contributed by atoms with Gasteiger partial charge in [-0.15, -0.1) is 0 Å². The molecule has 0 saturated carbocycles. The van der Waals surface area contributed by atoms with Gasteiger partial charge in [0.05, 0.1) is 4.91 Å². The van der Waals surface area contributed by atoms with E-state index in [2.05, 4.69) is 35.4 Å². The van der Waals surface area contributed by atoms with Gasteiger partial charge in [0.25, 0.3) is 0 Å². The van der Waals surface area contributed by atoms with E-state index in [4.69, 9.17) is 11.6 Å². The Kier molecular flexibility index (Phi) is 4.59. The highest BCUT2D eigenvalue weighted by atomic mass is 35.5. The van der Waals surface area contributed by atoms with Crippen LogP contribution in [-0.4, -0.2) is 4.98 Å². The van der Waals surface area contributed by atoms with Crippen molar-refractivity contribution in [1.82, 2.24) is 4.98 Å². The SMILES string of the molecule is ClC1=C(c2ccccc2)SC(c2ccncc2)=CN1c1ccccc1. The summed E-state index contributed by atoms with van der Waals surface area (Å²) in [5.74, 6) is 0. The van der Waals surface area contributed by atoms with E-state index in [1.807, 2.05) is 65.8 Å². The zero-order valence-corrected chi connectivity index (χ0v) is 14.9. The molecule has 0 aliphatic carbocycles. The molecule has 4 heteroatoms. The molecule has 0 bridgehead atoms. The summed E-state index contributed by atoms with van der Waals surface area (Å²) in [6.07, 6.45) is 5.71. The first-order chi connectivity index (χ1) is 12.3. The van der Waals surface area contributed by atoms with Crippen molar-refractivity contribution in [1.29, 1.82) is 0 Å². The number of benzene rings is 2. The van der Waals surface area contributed by atoms with Crippen LogP contribution in [0.5, 0.6) is 0 Å². The molecule has 2 nitrogen and oxygen atoms in total. The van der Waals surface area contributed by atoms with Gasteiger partial charge in [-0.05, 0) is 35.4 Å². The minimum absolute atomic E-state index is 0.709. The standard InChI is InChI=1S/C21H15ClN2S/c22-21-20(17-7-3-1-4-8-17)25-19(16-11-13-23-14-12-16)15-24(21)18-9-5-2-6-10-18/h1-15H. The normalized spacial score (nSPS) is 14.4. The van der Waals surface area contributed by atoms with Crippen LogP contribution >= 0.6 is 23.4 Å². The maximum atomic E-state index is 6.80. The molecule has 0 atom stereocenters. The highest BCUT2D eigenvalue weighted by molar-refractivity contribution is 8.16. The van der Waals surface area contributed by atoms with Crippen LogP contribution in [0.3, 0.4) is 0 Å². The zero-order valence-electron chi connectivity index (χ0n) is 13.3. The maximum absolute atomic E-state index is 6.80. The first-order valence-electron chi connectivity index (χ1n) is 7.92. The number of hydrogen-bond donors (Lipinski definition) is 0. The van der Waals surface area contributed by atoms with Gasteiger partial charge >= 0.3 is 0 Å². The van der Waals surface area contributed by atoms with Crippen LogP contribution in [0.25, 0.3) is 9.81 Å². The maximum Gasteiger partial charge on any atom is 0.128 e. The van der Waals surface area contributed by atoms with Gasteiger partial charge in [-0.3, -0.25) is 4.98 Å². The van der Waals surface area contributed by atoms with E-state index < -0.39 is 0 Å². The van der Waals surface area contributed by atoms with E-state index in [1.54, 1.807) is 11.8 Å². The van der Waals surface area contributed by atoms with Crippen LogP contribution in [-0.2, 0) is 0 Å². The van der Waals surface area contributed by atoms with E-state index in [9.17, 15) is 0 Å². The van der Waals surface area contributed by atoms with E-state index >= 15 is 0 Å². The molecule has 0 unspecified atom stereocenters. The second-order valence-corrected chi connectivity index (χ2v) is 6.93. The van der Waals surface area contributed by atoms with Crippen molar-refractivity contribution in [2.75, 3.05) is 4.90 Å². The number of anilines is 1. The van der Waals surface area contributed by atoms with Crippen molar-refractivity contribution >= 4 is 38.9 Å². The van der Waals surface area contributed by atoms with Gasteiger partial charge in [-0.1, -0.05) is 71.9 Å². The van der Waals surface area contributed by atoms with Crippen LogP contribution in [0.1, 0.15) is 11.1 Å². The van der Waals surface area contributed by atoms with Gasteiger partial charge < -0.3 is 4.90 Å². The molecule has 2 aromatic carbocycles. The summed E-state index contributed by atoms with van der Waals surface area (Å²) in [6.45, 7) is 0. The fourth-order valence-electron chi connectivity index (χ4n) is 2.66. The lowest BCUT2D eigenvalue weighted by atomic mass is 10.2. The first kappa shape index (κ1) is 16.0. The summed E-state index contributed by atoms with van der Waals surface area (Å²) < 4.78 is 0. The first-order valence-corrected chi connectivity index (χ1v) is 9.12. The lowest BCUT2D eigenvalue weighted by Crippen LogP contribution is -2.16. The average molecular weight is 363 g/mol. The monoisotopic (exact) mass is 362 g/mol. The van der Waals surface area contributed by atoms with E-state index in [1.165, 1.54) is 0 Å². The topological polar surface area (TPSA) is 16.1 Å². The molecule has 0 amide bonds. The molecule has 4 rings (SSSR count). The Morgan fingerprint density at radius 1 is 0.760 bits per heavy atom. The molecule has 1 aliphatic heterocycles. The molecule has 25 heavy (non-hydrogen) atoms. The molecule has 3 aromatic rings. The Morgan fingerprint density at radius 3 is 2.08 bits per heavy atom. The second-order valence-electron chi connectivity index (χ2n) is 5.52. The molecule has 122 valence electrons. The Labute approximate surface area is 156 Å². The smallest absolute Gasteiger partial charge is 0.128 e. The van der Waals surface area contributed by atoms with Crippen molar-refractivity contribution in [3.05, 3.63) is 108 Å². The zero-order chi connectivity index (χ0) is 17.1. The summed E-state index contributed by atoms with van der Waals surface area (Å²) in [6, 6.07) is 24.4. The molecule has 0 spiro atoms. The quantitative estimate of drug-likeness (QED) is 0.516. The number of aromatic nitrogens is 1. The highest BCUT2D eigenvalue weighted by Gasteiger charge is 2.23. The largest absolute Gasteiger partial charge is 0.306 e. The lowest BCUT2D eigenvalue weighted by Gasteiger charge is -2.28. The number of para-hydroxylation sites is 1. The second kappa shape index (κ2) is 7.18. The van der Waals surface area contributed by atoms with Gasteiger partial charge in [-0.25, -0.2) is 0 Å². The number of halogens is 1. The third-order valence-corrected chi connectivity index (χ3v) is 5.57. The molecule has 1 aliphatic rings. The summed E-state index contributed by atoms with van der Waals surface area (Å²) in [4.78, 5) is 8.34. The van der Waals surface area contributed by atoms with E-state index in [-0.39, 0.29) is 0 Å². The third kappa shape index (κ3) is 3.34. The Hall–Kier alpha value is -2.49. The summed E-state index contributed by atoms with van der Waals surface area (Å²) in [5, 5.41) is 0.709. The van der Waals surface area contributed by atoms with Gasteiger partial charge in [-0.2, -0.15) is 0 Å². The number of thioether (sulfide) groups is 1. The molecule has 2 heterocycles. The molecular weight excluding hydrogens is 348 g/mol. The number of nitrogens with zero attached hydrogens (tertiary/aromatic N) is 2. The fraction of sp³-hybridized carbons (Fsp3) is 0.